The molecule has 3 aromatic carbocycles. The van der Waals surface area contributed by atoms with Crippen LogP contribution in [0.4, 0.5) is 11.4 Å². The van der Waals surface area contributed by atoms with Crippen molar-refractivity contribution in [3.63, 3.8) is 0 Å². The van der Waals surface area contributed by atoms with Gasteiger partial charge in [-0.1, -0.05) is 92.4 Å². The second kappa shape index (κ2) is 15.9. The van der Waals surface area contributed by atoms with Gasteiger partial charge in [0.1, 0.15) is 5.75 Å². The van der Waals surface area contributed by atoms with Crippen LogP contribution in [0.5, 0.6) is 0 Å². The molecule has 2 aliphatic heterocycles. The summed E-state index contributed by atoms with van der Waals surface area (Å²) >= 11 is 1.72. The van der Waals surface area contributed by atoms with Gasteiger partial charge >= 0.3 is 29.6 Å². The molecular formula is C40H46N2NaO6S3+. The Morgan fingerprint density at radius 1 is 0.769 bits per heavy atom. The first kappa shape index (κ1) is 40.4. The number of anilines is 1. The summed E-state index contributed by atoms with van der Waals surface area (Å²) in [6.07, 6.45) is 11.2. The number of nitrogens with zero attached hydrogens (tertiary/aromatic N) is 2. The van der Waals surface area contributed by atoms with E-state index in [-0.39, 0.29) is 54.2 Å². The van der Waals surface area contributed by atoms with Crippen LogP contribution in [0.15, 0.2) is 130 Å². The molecule has 0 radical (unpaired) electrons. The number of rotatable bonds is 11. The predicted molar refractivity (Wildman–Crippen MR) is 215 cm³/mol. The molecule has 270 valence electrons. The van der Waals surface area contributed by atoms with E-state index in [9.17, 15) is 25.9 Å². The topological polar surface area (TPSA) is 115 Å². The average molecular weight is 770 g/mol. The van der Waals surface area contributed by atoms with E-state index in [2.05, 4.69) is 76.3 Å². The van der Waals surface area contributed by atoms with Crippen LogP contribution in [0.2, 0.25) is 0 Å². The van der Waals surface area contributed by atoms with Crippen LogP contribution in [0.3, 0.4) is 0 Å². The van der Waals surface area contributed by atoms with Crippen molar-refractivity contribution < 1.29 is 30.5 Å². The van der Waals surface area contributed by atoms with Gasteiger partial charge in [0, 0.05) is 50.9 Å². The Bertz CT molecular complexity index is 2220. The molecule has 0 unspecified atom stereocenters. The number of para-hydroxylation sites is 2. The molecule has 0 saturated carbocycles. The van der Waals surface area contributed by atoms with Crippen molar-refractivity contribution in [2.75, 3.05) is 29.5 Å². The van der Waals surface area contributed by atoms with Crippen LogP contribution in [0, 0.1) is 0 Å². The maximum absolute atomic E-state index is 11.8. The Hall–Kier alpha value is -2.74. The fourth-order valence-electron chi connectivity index (χ4n) is 7.49. The Morgan fingerprint density at radius 3 is 2.10 bits per heavy atom. The zero-order valence-corrected chi connectivity index (χ0v) is 31.9. The SMILES string of the molecule is CC1(C)C(/C=C/C2=C(Sc3ccccc3)C(=C\C=C3/N(CCS(=O)(=O)O)c4ccccc4C3(C)C)/CCC2)=[N+](CCS(=O)(=O)O)c2ccccc21.[NaH]. The molecule has 0 fully saturated rings. The number of benzene rings is 3. The first-order valence-corrected chi connectivity index (χ1v) is 21.2. The van der Waals surface area contributed by atoms with Crippen LogP contribution >= 0.6 is 11.8 Å². The fraction of sp³-hybridized carbons (Fsp3) is 0.325. The quantitative estimate of drug-likeness (QED) is 0.117. The minimum absolute atomic E-state index is 0. The van der Waals surface area contributed by atoms with Crippen molar-refractivity contribution >= 4 is 78.6 Å². The van der Waals surface area contributed by atoms with Crippen molar-refractivity contribution in [1.29, 1.82) is 0 Å². The van der Waals surface area contributed by atoms with Crippen LogP contribution < -0.4 is 4.90 Å². The van der Waals surface area contributed by atoms with Gasteiger partial charge in [-0.05, 0) is 74.1 Å². The zero-order valence-electron chi connectivity index (χ0n) is 29.4. The number of hydrogen-bond donors (Lipinski definition) is 2. The molecular weight excluding hydrogens is 724 g/mol. The molecule has 0 spiro atoms. The second-order valence-corrected chi connectivity index (χ2v) is 18.5. The first-order chi connectivity index (χ1) is 24.1. The summed E-state index contributed by atoms with van der Waals surface area (Å²) in [5.74, 6) is -0.759. The Morgan fingerprint density at radius 2 is 1.40 bits per heavy atom. The summed E-state index contributed by atoms with van der Waals surface area (Å²) in [7, 11) is -8.33. The third-order valence-corrected chi connectivity index (χ3v) is 12.7. The van der Waals surface area contributed by atoms with E-state index in [4.69, 9.17) is 0 Å². The van der Waals surface area contributed by atoms with E-state index in [1.54, 1.807) is 11.8 Å². The van der Waals surface area contributed by atoms with Gasteiger partial charge in [-0.15, -0.1) is 0 Å². The van der Waals surface area contributed by atoms with Crippen molar-refractivity contribution in [2.45, 2.75) is 62.7 Å². The monoisotopic (exact) mass is 769 g/mol. The van der Waals surface area contributed by atoms with Gasteiger partial charge < -0.3 is 4.90 Å². The molecule has 0 atom stereocenters. The number of fused-ring (bicyclic) bond motifs is 2. The summed E-state index contributed by atoms with van der Waals surface area (Å²) in [4.78, 5) is 4.27. The van der Waals surface area contributed by atoms with Crippen molar-refractivity contribution in [1.82, 2.24) is 0 Å². The van der Waals surface area contributed by atoms with Crippen molar-refractivity contribution in [3.8, 4) is 0 Å². The third kappa shape index (κ3) is 8.79. The molecule has 3 aliphatic rings. The van der Waals surface area contributed by atoms with Crippen LogP contribution in [-0.2, 0) is 31.1 Å². The van der Waals surface area contributed by atoms with Gasteiger partial charge in [-0.25, -0.2) is 0 Å². The summed E-state index contributed by atoms with van der Waals surface area (Å²) in [5, 5.41) is 0. The predicted octanol–water partition coefficient (Wildman–Crippen LogP) is 7.58. The standard InChI is InChI=1S/C40H44N2O6S3.Na.H/c1-39(2)32-17-8-10-19-34(32)41(25-27-50(43,44)45)36(39)23-21-29-13-12-14-30(38(29)49-31-15-6-5-7-16-31)22-24-37-40(3,4)33-18-9-11-20-35(33)42(37)26-28-51(46,47)48;;/h5-11,15-24H,12-14,25-28H2,1-4H3,(H-,43,44,45,46,47,48);;/p+1. The number of allylic oxidation sites excluding steroid dienone is 7. The van der Waals surface area contributed by atoms with Gasteiger partial charge in [-0.2, -0.15) is 21.4 Å². The van der Waals surface area contributed by atoms with Crippen LogP contribution in [-0.4, -0.2) is 90.4 Å². The molecule has 0 amide bonds. The van der Waals surface area contributed by atoms with Crippen LogP contribution in [0.25, 0.3) is 0 Å². The van der Waals surface area contributed by atoms with E-state index in [0.717, 1.165) is 63.0 Å². The molecule has 2 N–H and O–H groups in total. The van der Waals surface area contributed by atoms with E-state index >= 15 is 0 Å². The molecule has 12 heteroatoms. The average Bonchev–Trinajstić information content (AvgIpc) is 3.43. The molecule has 0 saturated heterocycles. The molecule has 1 aliphatic carbocycles. The number of thioether (sulfide) groups is 1. The Balaban J connectivity index is 0.00000523. The zero-order chi connectivity index (χ0) is 36.6. The molecule has 6 rings (SSSR count). The molecule has 8 nitrogen and oxygen atoms in total. The van der Waals surface area contributed by atoms with Gasteiger partial charge in [0.2, 0.25) is 5.69 Å². The molecule has 2 heterocycles. The van der Waals surface area contributed by atoms with Gasteiger partial charge in [0.05, 0.1) is 11.2 Å². The van der Waals surface area contributed by atoms with E-state index < -0.39 is 31.1 Å². The number of hydrogen-bond acceptors (Lipinski definition) is 6. The van der Waals surface area contributed by atoms with E-state index in [1.807, 2.05) is 64.1 Å². The molecule has 3 aromatic rings. The van der Waals surface area contributed by atoms with Gasteiger partial charge in [-0.3, -0.25) is 9.11 Å². The summed E-state index contributed by atoms with van der Waals surface area (Å²) < 4.78 is 68.6. The van der Waals surface area contributed by atoms with Crippen molar-refractivity contribution in [3.05, 3.63) is 136 Å². The molecule has 52 heavy (non-hydrogen) atoms. The minimum atomic E-state index is -4.17. The molecule has 0 aromatic heterocycles. The van der Waals surface area contributed by atoms with Crippen molar-refractivity contribution in [2.24, 2.45) is 0 Å². The summed E-state index contributed by atoms with van der Waals surface area (Å²) in [6, 6.07) is 26.3. The molecule has 0 bridgehead atoms. The normalized spacial score (nSPS) is 19.8. The van der Waals surface area contributed by atoms with E-state index in [0.29, 0.717) is 0 Å². The first-order valence-electron chi connectivity index (χ1n) is 17.1. The maximum atomic E-state index is 11.8. The Kier molecular flexibility index (Phi) is 12.4. The Labute approximate surface area is 334 Å². The fourth-order valence-corrected chi connectivity index (χ4v) is 9.45. The van der Waals surface area contributed by atoms with Gasteiger partial charge in [0.15, 0.2) is 12.3 Å². The third-order valence-electron chi connectivity index (χ3n) is 10.1. The second-order valence-electron chi connectivity index (χ2n) is 14.2. The van der Waals surface area contributed by atoms with Gasteiger partial charge in [0.25, 0.3) is 20.2 Å². The summed E-state index contributed by atoms with van der Waals surface area (Å²) in [5.41, 5.74) is 7.55. The van der Waals surface area contributed by atoms with Crippen LogP contribution in [0.1, 0.15) is 58.1 Å². The van der Waals surface area contributed by atoms with E-state index in [1.165, 1.54) is 11.1 Å². The summed E-state index contributed by atoms with van der Waals surface area (Å²) in [6.45, 7) is 8.82.